The molecule has 2 aromatic carbocycles. The molecule has 0 aliphatic heterocycles. The fraction of sp³-hybridized carbons (Fsp3) is 0.263. The Balaban J connectivity index is 2.04. The van der Waals surface area contributed by atoms with Crippen LogP contribution in [0.3, 0.4) is 0 Å². The van der Waals surface area contributed by atoms with E-state index in [9.17, 15) is 22.8 Å². The van der Waals surface area contributed by atoms with E-state index in [1.54, 1.807) is 0 Å². The first-order valence-electron chi connectivity index (χ1n) is 8.02. The Hall–Kier alpha value is -2.83. The van der Waals surface area contributed by atoms with Crippen LogP contribution >= 0.6 is 0 Å². The summed E-state index contributed by atoms with van der Waals surface area (Å²) in [5, 5.41) is 5.28. The van der Waals surface area contributed by atoms with E-state index in [1.165, 1.54) is 42.5 Å². The molecule has 0 heterocycles. The van der Waals surface area contributed by atoms with E-state index < -0.39 is 24.1 Å². The fourth-order valence-corrected chi connectivity index (χ4v) is 2.38. The number of benzene rings is 2. The fourth-order valence-electron chi connectivity index (χ4n) is 2.38. The van der Waals surface area contributed by atoms with Crippen molar-refractivity contribution in [2.45, 2.75) is 32.5 Å². The molecule has 0 spiro atoms. The number of hydrogen-bond donors (Lipinski definition) is 2. The lowest BCUT2D eigenvalue weighted by molar-refractivity contribution is -0.138. The number of carbonyl (C=O) groups excluding carboxylic acids is 2. The van der Waals surface area contributed by atoms with Crippen LogP contribution in [-0.2, 0) is 17.4 Å². The van der Waals surface area contributed by atoms with Gasteiger partial charge in [-0.2, -0.15) is 13.2 Å². The monoisotopic (exact) mass is 364 g/mol. The van der Waals surface area contributed by atoms with Gasteiger partial charge in [0, 0.05) is 17.3 Å². The van der Waals surface area contributed by atoms with Gasteiger partial charge in [-0.15, -0.1) is 0 Å². The van der Waals surface area contributed by atoms with Crippen molar-refractivity contribution in [3.63, 3.8) is 0 Å². The molecule has 0 bridgehead atoms. The summed E-state index contributed by atoms with van der Waals surface area (Å²) in [4.78, 5) is 23.9. The number of carbonyl (C=O) groups is 2. The van der Waals surface area contributed by atoms with Crippen LogP contribution in [0.25, 0.3) is 0 Å². The molecule has 138 valence electrons. The lowest BCUT2D eigenvalue weighted by atomic mass is 10.0. The van der Waals surface area contributed by atoms with E-state index in [4.69, 9.17) is 0 Å². The summed E-state index contributed by atoms with van der Waals surface area (Å²) in [5.74, 6) is -0.807. The zero-order valence-electron chi connectivity index (χ0n) is 14.4. The maximum Gasteiger partial charge on any atom is 0.416 e. The Bertz CT molecular complexity index is 784. The van der Waals surface area contributed by atoms with Crippen LogP contribution in [-0.4, -0.2) is 17.9 Å². The zero-order valence-corrected chi connectivity index (χ0v) is 14.4. The van der Waals surface area contributed by atoms with E-state index >= 15 is 0 Å². The molecule has 2 N–H and O–H groups in total. The molecule has 2 aromatic rings. The number of rotatable bonds is 5. The van der Waals surface area contributed by atoms with Gasteiger partial charge in [0.1, 0.15) is 0 Å². The molecule has 0 saturated carbocycles. The maximum atomic E-state index is 13.0. The lowest BCUT2D eigenvalue weighted by Crippen LogP contribution is -2.30. The molecule has 4 nitrogen and oxygen atoms in total. The highest BCUT2D eigenvalue weighted by atomic mass is 19.4. The van der Waals surface area contributed by atoms with Gasteiger partial charge in [0.25, 0.3) is 5.91 Å². The molecule has 2 rings (SSSR count). The summed E-state index contributed by atoms with van der Waals surface area (Å²) in [5.41, 5.74) is -0.0824. The minimum absolute atomic E-state index is 0.00409. The highest BCUT2D eigenvalue weighted by Gasteiger charge is 2.33. The first kappa shape index (κ1) is 19.5. The van der Waals surface area contributed by atoms with Crippen molar-refractivity contribution in [1.29, 1.82) is 0 Å². The molecule has 0 radical (unpaired) electrons. The third-order valence-electron chi connectivity index (χ3n) is 3.52. The highest BCUT2D eigenvalue weighted by Crippen LogP contribution is 2.32. The molecule has 7 heteroatoms. The standard InChI is InChI=1S/C19H19F3N2O2/c1-12(2)23-18(26)13-7-9-15(10-8-13)24-17(25)11-14-5-3-4-6-16(14)19(20,21)22/h3-10,12H,11H2,1-2H3,(H,23,26)(H,24,25). The number of amides is 2. The Labute approximate surface area is 149 Å². The molecule has 0 unspecified atom stereocenters. The van der Waals surface area contributed by atoms with Gasteiger partial charge < -0.3 is 10.6 Å². The van der Waals surface area contributed by atoms with Crippen molar-refractivity contribution in [2.24, 2.45) is 0 Å². The molecule has 0 aromatic heterocycles. The van der Waals surface area contributed by atoms with Crippen molar-refractivity contribution in [3.8, 4) is 0 Å². The largest absolute Gasteiger partial charge is 0.416 e. The summed E-state index contributed by atoms with van der Waals surface area (Å²) < 4.78 is 38.9. The summed E-state index contributed by atoms with van der Waals surface area (Å²) in [6.45, 7) is 3.68. The predicted molar refractivity (Wildman–Crippen MR) is 92.8 cm³/mol. The molecule has 0 saturated heterocycles. The van der Waals surface area contributed by atoms with Crippen LogP contribution in [0.1, 0.15) is 35.3 Å². The van der Waals surface area contributed by atoms with Crippen LogP contribution in [0.4, 0.5) is 18.9 Å². The smallest absolute Gasteiger partial charge is 0.350 e. The van der Waals surface area contributed by atoms with E-state index in [1.807, 2.05) is 13.8 Å². The molecular formula is C19H19F3N2O2. The quantitative estimate of drug-likeness (QED) is 0.842. The Morgan fingerprint density at radius 1 is 1.00 bits per heavy atom. The second-order valence-corrected chi connectivity index (χ2v) is 6.09. The Kier molecular flexibility index (Phi) is 6.02. The predicted octanol–water partition coefficient (Wildman–Crippen LogP) is 4.02. The zero-order chi connectivity index (χ0) is 19.3. The molecule has 0 fully saturated rings. The maximum absolute atomic E-state index is 13.0. The van der Waals surface area contributed by atoms with Gasteiger partial charge in [-0.1, -0.05) is 18.2 Å². The van der Waals surface area contributed by atoms with E-state index in [0.717, 1.165) is 6.07 Å². The van der Waals surface area contributed by atoms with Gasteiger partial charge in [-0.25, -0.2) is 0 Å². The molecule has 2 amide bonds. The van der Waals surface area contributed by atoms with Gasteiger partial charge in [-0.05, 0) is 49.7 Å². The first-order valence-corrected chi connectivity index (χ1v) is 8.02. The highest BCUT2D eigenvalue weighted by molar-refractivity contribution is 5.96. The van der Waals surface area contributed by atoms with Gasteiger partial charge in [-0.3, -0.25) is 9.59 Å². The normalized spacial score (nSPS) is 11.3. The number of alkyl halides is 3. The lowest BCUT2D eigenvalue weighted by Gasteiger charge is -2.13. The average molecular weight is 364 g/mol. The number of hydrogen-bond acceptors (Lipinski definition) is 2. The number of nitrogens with one attached hydrogen (secondary N) is 2. The van der Waals surface area contributed by atoms with Gasteiger partial charge in [0.2, 0.25) is 5.91 Å². The van der Waals surface area contributed by atoms with Crippen LogP contribution in [0.15, 0.2) is 48.5 Å². The number of halogens is 3. The Morgan fingerprint density at radius 3 is 2.19 bits per heavy atom. The van der Waals surface area contributed by atoms with Crippen molar-refractivity contribution in [3.05, 3.63) is 65.2 Å². The minimum Gasteiger partial charge on any atom is -0.350 e. The van der Waals surface area contributed by atoms with Crippen molar-refractivity contribution in [1.82, 2.24) is 5.32 Å². The average Bonchev–Trinajstić information content (AvgIpc) is 2.54. The van der Waals surface area contributed by atoms with Crippen LogP contribution in [0.2, 0.25) is 0 Å². The molecule has 26 heavy (non-hydrogen) atoms. The molecular weight excluding hydrogens is 345 g/mol. The van der Waals surface area contributed by atoms with Crippen LogP contribution in [0, 0.1) is 0 Å². The van der Waals surface area contributed by atoms with Crippen molar-refractivity contribution in [2.75, 3.05) is 5.32 Å². The van der Waals surface area contributed by atoms with E-state index in [-0.39, 0.29) is 17.5 Å². The summed E-state index contributed by atoms with van der Waals surface area (Å²) in [6, 6.07) is 11.1. The Morgan fingerprint density at radius 2 is 1.62 bits per heavy atom. The topological polar surface area (TPSA) is 58.2 Å². The van der Waals surface area contributed by atoms with Crippen LogP contribution < -0.4 is 10.6 Å². The van der Waals surface area contributed by atoms with Crippen molar-refractivity contribution >= 4 is 17.5 Å². The first-order chi connectivity index (χ1) is 12.2. The number of anilines is 1. The third kappa shape index (κ3) is 5.34. The minimum atomic E-state index is -4.51. The van der Waals surface area contributed by atoms with E-state index in [0.29, 0.717) is 11.3 Å². The molecule has 0 aliphatic rings. The van der Waals surface area contributed by atoms with Gasteiger partial charge in [0.15, 0.2) is 0 Å². The second kappa shape index (κ2) is 8.03. The van der Waals surface area contributed by atoms with E-state index in [2.05, 4.69) is 10.6 Å². The summed E-state index contributed by atoms with van der Waals surface area (Å²) >= 11 is 0. The third-order valence-corrected chi connectivity index (χ3v) is 3.52. The molecule has 0 aliphatic carbocycles. The van der Waals surface area contributed by atoms with Crippen molar-refractivity contribution < 1.29 is 22.8 Å². The molecule has 0 atom stereocenters. The van der Waals surface area contributed by atoms with Crippen LogP contribution in [0.5, 0.6) is 0 Å². The second-order valence-electron chi connectivity index (χ2n) is 6.09. The summed E-state index contributed by atoms with van der Waals surface area (Å²) in [6.07, 6.45) is -4.91. The summed E-state index contributed by atoms with van der Waals surface area (Å²) in [7, 11) is 0. The van der Waals surface area contributed by atoms with Gasteiger partial charge in [0.05, 0.1) is 12.0 Å². The SMILES string of the molecule is CC(C)NC(=O)c1ccc(NC(=O)Cc2ccccc2C(F)(F)F)cc1. The van der Waals surface area contributed by atoms with Gasteiger partial charge >= 0.3 is 6.18 Å².